The summed E-state index contributed by atoms with van der Waals surface area (Å²) in [5, 5.41) is 9.08. The zero-order chi connectivity index (χ0) is 26.8. The molecule has 6 rings (SSSR count). The molecular weight excluding hydrogens is 490 g/mol. The van der Waals surface area contributed by atoms with Crippen molar-refractivity contribution in [1.29, 1.82) is 5.26 Å². The summed E-state index contributed by atoms with van der Waals surface area (Å²) in [6.07, 6.45) is 5.96. The van der Waals surface area contributed by atoms with Crippen LogP contribution in [0.25, 0.3) is 0 Å². The quantitative estimate of drug-likeness (QED) is 0.606. The predicted octanol–water partition coefficient (Wildman–Crippen LogP) is 4.01. The number of anilines is 1. The Hall–Kier alpha value is -3.28. The minimum atomic E-state index is 0.106. The molecule has 3 heterocycles. The number of piperazine rings is 1. The second-order valence-electron chi connectivity index (χ2n) is 11.9. The van der Waals surface area contributed by atoms with Crippen LogP contribution in [0, 0.1) is 35.0 Å². The number of amides is 1. The number of nitriles is 1. The van der Waals surface area contributed by atoms with Crippen LogP contribution in [0.4, 0.5) is 5.69 Å². The maximum atomic E-state index is 14.0. The summed E-state index contributed by atoms with van der Waals surface area (Å²) in [5.74, 6) is 3.57. The van der Waals surface area contributed by atoms with Gasteiger partial charge >= 0.3 is 0 Å². The Bertz CT molecular complexity index is 1200. The lowest BCUT2D eigenvalue weighted by atomic mass is 9.69. The van der Waals surface area contributed by atoms with Crippen LogP contribution in [0.15, 0.2) is 42.5 Å². The van der Waals surface area contributed by atoms with E-state index < -0.39 is 0 Å². The summed E-state index contributed by atoms with van der Waals surface area (Å²) in [5.41, 5.74) is 5.51. The van der Waals surface area contributed by atoms with Gasteiger partial charge in [-0.25, -0.2) is 0 Å². The van der Waals surface area contributed by atoms with Gasteiger partial charge in [0.25, 0.3) is 0 Å². The minimum absolute atomic E-state index is 0.106. The molecular formula is C31H39N5O3. The molecule has 0 spiro atoms. The first kappa shape index (κ1) is 26.0. The molecule has 3 fully saturated rings. The van der Waals surface area contributed by atoms with Crippen molar-refractivity contribution >= 4 is 11.6 Å². The van der Waals surface area contributed by atoms with E-state index >= 15 is 0 Å². The predicted molar refractivity (Wildman–Crippen MR) is 149 cm³/mol. The Morgan fingerprint density at radius 3 is 2.59 bits per heavy atom. The molecule has 4 aliphatic rings. The van der Waals surface area contributed by atoms with E-state index in [0.717, 1.165) is 69.4 Å². The van der Waals surface area contributed by atoms with Gasteiger partial charge in [-0.05, 0) is 79.0 Å². The lowest BCUT2D eigenvalue weighted by Crippen LogP contribution is -2.57. The average Bonchev–Trinajstić information content (AvgIpc) is 3.44. The molecule has 1 N–H and O–H groups in total. The zero-order valence-electron chi connectivity index (χ0n) is 22.8. The van der Waals surface area contributed by atoms with E-state index in [-0.39, 0.29) is 5.92 Å². The Morgan fingerprint density at radius 2 is 1.79 bits per heavy atom. The van der Waals surface area contributed by atoms with E-state index in [2.05, 4.69) is 45.5 Å². The minimum Gasteiger partial charge on any atom is -0.370 e. The first-order valence-electron chi connectivity index (χ1n) is 14.6. The smallest absolute Gasteiger partial charge is 0.227 e. The number of piperidine rings is 1. The molecule has 3 aliphatic heterocycles. The highest BCUT2D eigenvalue weighted by Gasteiger charge is 2.43. The number of benzene rings is 2. The third kappa shape index (κ3) is 5.70. The number of rotatable bonds is 6. The number of nitrogens with zero attached hydrogens (tertiary/aromatic N) is 4. The second-order valence-corrected chi connectivity index (χ2v) is 11.9. The largest absolute Gasteiger partial charge is 0.370 e. The number of hydrogen-bond donors (Lipinski definition) is 1. The third-order valence-corrected chi connectivity index (χ3v) is 9.17. The number of nitrogens with one attached hydrogen (secondary N) is 1. The van der Waals surface area contributed by atoms with Gasteiger partial charge in [0.05, 0.1) is 17.6 Å². The topological polar surface area (TPSA) is 81.1 Å². The van der Waals surface area contributed by atoms with Crippen molar-refractivity contribution in [1.82, 2.24) is 15.4 Å². The summed E-state index contributed by atoms with van der Waals surface area (Å²) in [4.78, 5) is 31.6. The van der Waals surface area contributed by atoms with Crippen LogP contribution in [0.3, 0.4) is 0 Å². The van der Waals surface area contributed by atoms with Crippen molar-refractivity contribution in [2.75, 3.05) is 50.7 Å². The molecule has 8 heteroatoms. The molecule has 2 aromatic carbocycles. The van der Waals surface area contributed by atoms with Crippen LogP contribution in [-0.4, -0.2) is 61.5 Å². The van der Waals surface area contributed by atoms with E-state index in [1.165, 1.54) is 31.2 Å². The Labute approximate surface area is 231 Å². The van der Waals surface area contributed by atoms with Crippen LogP contribution in [0.2, 0.25) is 0 Å². The fraction of sp³-hybridized carbons (Fsp3) is 0.548. The van der Waals surface area contributed by atoms with Crippen LogP contribution in [0.1, 0.15) is 43.7 Å². The Balaban J connectivity index is 1.08. The van der Waals surface area contributed by atoms with E-state index in [1.54, 1.807) is 0 Å². The van der Waals surface area contributed by atoms with Gasteiger partial charge in [-0.3, -0.25) is 4.79 Å². The molecule has 2 saturated heterocycles. The summed E-state index contributed by atoms with van der Waals surface area (Å²) < 4.78 is 0. The normalized spacial score (nSPS) is 25.6. The molecule has 8 nitrogen and oxygen atoms in total. The molecule has 1 amide bonds. The monoisotopic (exact) mass is 529 g/mol. The van der Waals surface area contributed by atoms with Crippen molar-refractivity contribution in [3.63, 3.8) is 0 Å². The molecule has 0 aromatic heterocycles. The van der Waals surface area contributed by atoms with Gasteiger partial charge in [-0.15, -0.1) is 0 Å². The van der Waals surface area contributed by atoms with E-state index in [4.69, 9.17) is 14.9 Å². The molecule has 0 radical (unpaired) electrons. The fourth-order valence-corrected chi connectivity index (χ4v) is 7.25. The van der Waals surface area contributed by atoms with Crippen LogP contribution >= 0.6 is 0 Å². The number of likely N-dealkylation sites (tertiary alicyclic amines) is 1. The van der Waals surface area contributed by atoms with Crippen LogP contribution in [0.5, 0.6) is 11.5 Å². The average molecular weight is 530 g/mol. The SMILES string of the molecule is C[C@@H](Cc1ccc2c(c1)ONO2)CN1C[C@H]2CCCC[C@@H]2[C@H](C(=O)N2CCN(c3ccc(C#N)cc3)CC2)C1. The first-order valence-corrected chi connectivity index (χ1v) is 14.6. The standard InChI is InChI=1S/C31H39N5O3/c1-22(16-24-8-11-29-30(17-24)39-33-38-29)19-34-20-25-4-2-3-5-27(25)28(21-34)31(37)36-14-12-35(13-15-36)26-9-6-23(18-32)7-10-26/h6-11,17,22,25,27-28,33H,2-5,12-16,19-21H2,1H3/t22-,25+,27-,28+/m0/s1. The molecule has 1 saturated carbocycles. The summed E-state index contributed by atoms with van der Waals surface area (Å²) >= 11 is 0. The van der Waals surface area contributed by atoms with E-state index in [9.17, 15) is 4.79 Å². The number of hydrogen-bond acceptors (Lipinski definition) is 7. The molecule has 206 valence electrons. The number of carbonyl (C=O) groups excluding carboxylic acids is 1. The van der Waals surface area contributed by atoms with Crippen molar-refractivity contribution in [3.05, 3.63) is 53.6 Å². The number of fused-ring (bicyclic) bond motifs is 2. The molecule has 0 unspecified atom stereocenters. The lowest BCUT2D eigenvalue weighted by molar-refractivity contribution is -0.142. The van der Waals surface area contributed by atoms with Gasteiger partial charge in [0.15, 0.2) is 11.5 Å². The maximum Gasteiger partial charge on any atom is 0.227 e. The van der Waals surface area contributed by atoms with Crippen LogP contribution in [-0.2, 0) is 11.2 Å². The summed E-state index contributed by atoms with van der Waals surface area (Å²) in [6, 6.07) is 16.1. The molecule has 39 heavy (non-hydrogen) atoms. The second kappa shape index (κ2) is 11.4. The lowest BCUT2D eigenvalue weighted by Gasteiger charge is -2.48. The van der Waals surface area contributed by atoms with E-state index in [0.29, 0.717) is 29.2 Å². The summed E-state index contributed by atoms with van der Waals surface area (Å²) in [7, 11) is 0. The Kier molecular flexibility index (Phi) is 7.62. The van der Waals surface area contributed by atoms with Crippen molar-refractivity contribution in [2.45, 2.75) is 39.0 Å². The van der Waals surface area contributed by atoms with Crippen LogP contribution < -0.4 is 20.2 Å². The van der Waals surface area contributed by atoms with Gasteiger partial charge in [0.1, 0.15) is 0 Å². The van der Waals surface area contributed by atoms with Gasteiger partial charge in [0, 0.05) is 57.1 Å². The molecule has 4 atom stereocenters. The highest BCUT2D eigenvalue weighted by Crippen LogP contribution is 2.41. The van der Waals surface area contributed by atoms with Crippen molar-refractivity contribution in [3.8, 4) is 17.6 Å². The third-order valence-electron chi connectivity index (χ3n) is 9.17. The first-order chi connectivity index (χ1) is 19.1. The Morgan fingerprint density at radius 1 is 1.03 bits per heavy atom. The van der Waals surface area contributed by atoms with Gasteiger partial charge < -0.3 is 24.4 Å². The highest BCUT2D eigenvalue weighted by atomic mass is 16.9. The van der Waals surface area contributed by atoms with E-state index in [1.807, 2.05) is 30.3 Å². The van der Waals surface area contributed by atoms with Crippen molar-refractivity contribution in [2.24, 2.45) is 23.7 Å². The summed E-state index contributed by atoms with van der Waals surface area (Å²) in [6.45, 7) is 8.53. The molecule has 2 aromatic rings. The van der Waals surface area contributed by atoms with Crippen molar-refractivity contribution < 1.29 is 14.5 Å². The van der Waals surface area contributed by atoms with Gasteiger partial charge in [-0.2, -0.15) is 5.26 Å². The highest BCUT2D eigenvalue weighted by molar-refractivity contribution is 5.80. The van der Waals surface area contributed by atoms with Gasteiger partial charge in [-0.1, -0.05) is 25.8 Å². The van der Waals surface area contributed by atoms with Gasteiger partial charge in [0.2, 0.25) is 5.91 Å². The molecule has 0 bridgehead atoms. The zero-order valence-corrected chi connectivity index (χ0v) is 22.8. The number of carbonyl (C=O) groups is 1. The maximum absolute atomic E-state index is 14.0. The molecule has 1 aliphatic carbocycles. The fourth-order valence-electron chi connectivity index (χ4n) is 7.25.